The van der Waals surface area contributed by atoms with E-state index in [1.54, 1.807) is 30.3 Å². The Hall–Kier alpha value is -3.36. The number of fused-ring (bicyclic) bond motifs is 1. The summed E-state index contributed by atoms with van der Waals surface area (Å²) in [5, 5.41) is 0.0730. The molecular formula is C24H21ClN2O5S. The molecule has 1 heterocycles. The van der Waals surface area contributed by atoms with Gasteiger partial charge in [0.25, 0.3) is 10.0 Å². The number of carbonyl (C=O) groups is 2. The van der Waals surface area contributed by atoms with Gasteiger partial charge in [0, 0.05) is 12.1 Å². The number of ether oxygens (including phenoxy) is 1. The number of esters is 1. The summed E-state index contributed by atoms with van der Waals surface area (Å²) >= 11 is 6.19. The fourth-order valence-corrected chi connectivity index (χ4v) is 5.50. The molecule has 0 saturated heterocycles. The number of nitrogens with zero attached hydrogens (tertiary/aromatic N) is 1. The summed E-state index contributed by atoms with van der Waals surface area (Å²) in [5.41, 5.74) is 7.65. The maximum Gasteiger partial charge on any atom is 0.340 e. The predicted octanol–water partition coefficient (Wildman–Crippen LogP) is 3.94. The van der Waals surface area contributed by atoms with Crippen LogP contribution in [0.15, 0.2) is 71.6 Å². The fourth-order valence-electron chi connectivity index (χ4n) is 3.74. The third-order valence-electron chi connectivity index (χ3n) is 5.39. The standard InChI is InChI=1S/C24H21ClN2O5S/c25-21-11-10-19(33(30,31)27-12-4-8-17-6-1-2-9-22(17)27)14-20(21)24(29)32-15-16-5-3-7-18(13-16)23(26)28/h1-3,5-7,9-11,13-14H,4,8,12,15H2,(H2,26,28). The Balaban J connectivity index is 1.58. The van der Waals surface area contributed by atoms with E-state index in [2.05, 4.69) is 0 Å². The molecule has 170 valence electrons. The smallest absolute Gasteiger partial charge is 0.340 e. The zero-order valence-corrected chi connectivity index (χ0v) is 19.1. The van der Waals surface area contributed by atoms with Crippen molar-refractivity contribution in [2.45, 2.75) is 24.3 Å². The number of primary amides is 1. The Labute approximate surface area is 196 Å². The first-order chi connectivity index (χ1) is 15.8. The van der Waals surface area contributed by atoms with Crippen LogP contribution in [0, 0.1) is 0 Å². The number of hydrogen-bond acceptors (Lipinski definition) is 5. The van der Waals surface area contributed by atoms with Gasteiger partial charge in [-0.1, -0.05) is 41.9 Å². The van der Waals surface area contributed by atoms with Crippen LogP contribution in [-0.2, 0) is 27.8 Å². The number of para-hydroxylation sites is 1. The van der Waals surface area contributed by atoms with Crippen molar-refractivity contribution in [2.75, 3.05) is 10.8 Å². The van der Waals surface area contributed by atoms with Crippen molar-refractivity contribution < 1.29 is 22.7 Å². The predicted molar refractivity (Wildman–Crippen MR) is 125 cm³/mol. The third-order valence-corrected chi connectivity index (χ3v) is 7.53. The van der Waals surface area contributed by atoms with Crippen LogP contribution in [0.2, 0.25) is 5.02 Å². The highest BCUT2D eigenvalue weighted by Crippen LogP contribution is 2.33. The summed E-state index contributed by atoms with van der Waals surface area (Å²) < 4.78 is 33.5. The molecular weight excluding hydrogens is 464 g/mol. The minimum absolute atomic E-state index is 0.0497. The van der Waals surface area contributed by atoms with Crippen LogP contribution in [-0.4, -0.2) is 26.8 Å². The van der Waals surface area contributed by atoms with Crippen molar-refractivity contribution in [2.24, 2.45) is 5.73 Å². The second-order valence-corrected chi connectivity index (χ2v) is 9.86. The SMILES string of the molecule is NC(=O)c1cccc(COC(=O)c2cc(S(=O)(=O)N3CCCc4ccccc43)ccc2Cl)c1. The van der Waals surface area contributed by atoms with E-state index in [-0.39, 0.29) is 27.7 Å². The van der Waals surface area contributed by atoms with Crippen molar-refractivity contribution >= 4 is 39.2 Å². The number of aryl methyl sites for hydroxylation is 1. The molecule has 9 heteroatoms. The van der Waals surface area contributed by atoms with Gasteiger partial charge in [0.1, 0.15) is 6.61 Å². The Kier molecular flexibility index (Phi) is 6.40. The molecule has 0 atom stereocenters. The van der Waals surface area contributed by atoms with Gasteiger partial charge in [-0.25, -0.2) is 13.2 Å². The third kappa shape index (κ3) is 4.72. The van der Waals surface area contributed by atoms with Gasteiger partial charge in [-0.2, -0.15) is 0 Å². The molecule has 0 radical (unpaired) electrons. The second kappa shape index (κ2) is 9.25. The van der Waals surface area contributed by atoms with Crippen molar-refractivity contribution in [3.63, 3.8) is 0 Å². The van der Waals surface area contributed by atoms with Crippen LogP contribution in [0.5, 0.6) is 0 Å². The van der Waals surface area contributed by atoms with Crippen molar-refractivity contribution in [3.05, 3.63) is 94.0 Å². The first-order valence-electron chi connectivity index (χ1n) is 10.2. The second-order valence-electron chi connectivity index (χ2n) is 7.59. The Morgan fingerprint density at radius 2 is 1.82 bits per heavy atom. The summed E-state index contributed by atoms with van der Waals surface area (Å²) in [6.45, 7) is 0.213. The molecule has 3 aromatic carbocycles. The lowest BCUT2D eigenvalue weighted by molar-refractivity contribution is 0.0472. The quantitative estimate of drug-likeness (QED) is 0.533. The Morgan fingerprint density at radius 1 is 1.03 bits per heavy atom. The van der Waals surface area contributed by atoms with E-state index in [4.69, 9.17) is 22.1 Å². The number of amides is 1. The Bertz CT molecular complexity index is 1340. The molecule has 2 N–H and O–H groups in total. The molecule has 33 heavy (non-hydrogen) atoms. The van der Waals surface area contributed by atoms with Gasteiger partial charge in [0.2, 0.25) is 5.91 Å². The zero-order chi connectivity index (χ0) is 23.6. The van der Waals surface area contributed by atoms with Crippen LogP contribution >= 0.6 is 11.6 Å². The van der Waals surface area contributed by atoms with Gasteiger partial charge in [0.05, 0.1) is 21.2 Å². The lowest BCUT2D eigenvalue weighted by atomic mass is 10.0. The van der Waals surface area contributed by atoms with E-state index in [1.165, 1.54) is 28.6 Å². The van der Waals surface area contributed by atoms with Crippen LogP contribution < -0.4 is 10.0 Å². The summed E-state index contributed by atoms with van der Waals surface area (Å²) in [6, 6.07) is 17.7. The number of halogens is 1. The lowest BCUT2D eigenvalue weighted by Crippen LogP contribution is -2.35. The highest BCUT2D eigenvalue weighted by molar-refractivity contribution is 7.92. The number of hydrogen-bond donors (Lipinski definition) is 1. The number of anilines is 1. The number of carbonyl (C=O) groups excluding carboxylic acids is 2. The molecule has 0 fully saturated rings. The van der Waals surface area contributed by atoms with Gasteiger partial charge in [0.15, 0.2) is 0 Å². The highest BCUT2D eigenvalue weighted by Gasteiger charge is 2.30. The van der Waals surface area contributed by atoms with E-state index < -0.39 is 21.9 Å². The average molecular weight is 485 g/mol. The number of benzene rings is 3. The molecule has 0 saturated carbocycles. The lowest BCUT2D eigenvalue weighted by Gasteiger charge is -2.30. The monoisotopic (exact) mass is 484 g/mol. The maximum absolute atomic E-state index is 13.4. The van der Waals surface area contributed by atoms with Gasteiger partial charge >= 0.3 is 5.97 Å². The van der Waals surface area contributed by atoms with Crippen LogP contribution in [0.3, 0.4) is 0 Å². The van der Waals surface area contributed by atoms with Crippen LogP contribution in [0.25, 0.3) is 0 Å². The highest BCUT2D eigenvalue weighted by atomic mass is 35.5. The molecule has 1 aliphatic heterocycles. The topological polar surface area (TPSA) is 107 Å². The molecule has 7 nitrogen and oxygen atoms in total. The van der Waals surface area contributed by atoms with E-state index in [1.807, 2.05) is 12.1 Å². The first-order valence-corrected chi connectivity index (χ1v) is 12.1. The summed E-state index contributed by atoms with van der Waals surface area (Å²) in [6.07, 6.45) is 1.50. The number of rotatable bonds is 6. The first kappa shape index (κ1) is 22.8. The van der Waals surface area contributed by atoms with E-state index in [9.17, 15) is 18.0 Å². The molecule has 0 aliphatic carbocycles. The molecule has 1 aliphatic rings. The minimum Gasteiger partial charge on any atom is -0.457 e. The van der Waals surface area contributed by atoms with Gasteiger partial charge < -0.3 is 10.5 Å². The Morgan fingerprint density at radius 3 is 2.61 bits per heavy atom. The van der Waals surface area contributed by atoms with Crippen molar-refractivity contribution in [1.82, 2.24) is 0 Å². The van der Waals surface area contributed by atoms with E-state index >= 15 is 0 Å². The van der Waals surface area contributed by atoms with Crippen molar-refractivity contribution in [1.29, 1.82) is 0 Å². The zero-order valence-electron chi connectivity index (χ0n) is 17.5. The molecule has 0 aromatic heterocycles. The average Bonchev–Trinajstić information content (AvgIpc) is 2.82. The van der Waals surface area contributed by atoms with Crippen LogP contribution in [0.1, 0.15) is 38.3 Å². The molecule has 0 bridgehead atoms. The van der Waals surface area contributed by atoms with Gasteiger partial charge in [-0.05, 0) is 60.4 Å². The summed E-state index contributed by atoms with van der Waals surface area (Å²) in [5.74, 6) is -1.37. The summed E-state index contributed by atoms with van der Waals surface area (Å²) in [7, 11) is -3.91. The number of sulfonamides is 1. The van der Waals surface area contributed by atoms with E-state index in [0.717, 1.165) is 12.0 Å². The molecule has 4 rings (SSSR count). The van der Waals surface area contributed by atoms with Gasteiger partial charge in [-0.15, -0.1) is 0 Å². The van der Waals surface area contributed by atoms with Crippen LogP contribution in [0.4, 0.5) is 5.69 Å². The van der Waals surface area contributed by atoms with Crippen molar-refractivity contribution in [3.8, 4) is 0 Å². The summed E-state index contributed by atoms with van der Waals surface area (Å²) in [4.78, 5) is 24.0. The van der Waals surface area contributed by atoms with E-state index in [0.29, 0.717) is 24.2 Å². The number of nitrogens with two attached hydrogens (primary N) is 1. The largest absolute Gasteiger partial charge is 0.457 e. The fraction of sp³-hybridized carbons (Fsp3) is 0.167. The molecule has 3 aromatic rings. The normalized spacial score (nSPS) is 13.3. The molecule has 0 unspecified atom stereocenters. The molecule has 0 spiro atoms. The maximum atomic E-state index is 13.4. The molecule has 1 amide bonds. The van der Waals surface area contributed by atoms with Gasteiger partial charge in [-0.3, -0.25) is 9.10 Å². The minimum atomic E-state index is -3.91.